The summed E-state index contributed by atoms with van der Waals surface area (Å²) in [5.74, 6) is 9.06. The second kappa shape index (κ2) is 8.37. The van der Waals surface area contributed by atoms with E-state index in [1.54, 1.807) is 30.5 Å². The predicted molar refractivity (Wildman–Crippen MR) is 107 cm³/mol. The van der Waals surface area contributed by atoms with E-state index in [0.29, 0.717) is 33.4 Å². The van der Waals surface area contributed by atoms with Crippen LogP contribution in [0.15, 0.2) is 70.4 Å². The minimum Gasteiger partial charge on any atom is -0.486 e. The molecule has 9 heteroatoms. The Morgan fingerprint density at radius 1 is 1.07 bits per heavy atom. The van der Waals surface area contributed by atoms with Crippen LogP contribution in [0.1, 0.15) is 11.7 Å². The molecule has 0 atom stereocenters. The molecule has 4 rings (SSSR count). The number of nitrogens with two attached hydrogens (primary N) is 1. The number of oxazole rings is 1. The van der Waals surface area contributed by atoms with Crippen molar-refractivity contribution in [3.8, 4) is 17.1 Å². The monoisotopic (exact) mass is 413 g/mol. The Balaban J connectivity index is 1.36. The van der Waals surface area contributed by atoms with Crippen molar-refractivity contribution in [2.24, 2.45) is 0 Å². The van der Waals surface area contributed by atoms with Crippen molar-refractivity contribution in [2.75, 3.05) is 5.84 Å². The van der Waals surface area contributed by atoms with Crippen LogP contribution in [0.2, 0.25) is 5.02 Å². The Hall–Kier alpha value is -2.97. The van der Waals surface area contributed by atoms with Crippen molar-refractivity contribution in [2.45, 2.75) is 17.5 Å². The summed E-state index contributed by atoms with van der Waals surface area (Å²) < 4.78 is 12.8. The third-order valence-corrected chi connectivity index (χ3v) is 5.03. The molecule has 28 heavy (non-hydrogen) atoms. The topological polar surface area (TPSA) is 92.0 Å². The van der Waals surface area contributed by atoms with Gasteiger partial charge in [-0.25, -0.2) is 9.66 Å². The number of ether oxygens (including phenoxy) is 1. The molecule has 4 aromatic rings. The van der Waals surface area contributed by atoms with E-state index in [1.165, 1.54) is 16.4 Å². The Kier molecular flexibility index (Phi) is 5.50. The lowest BCUT2D eigenvalue weighted by Crippen LogP contribution is -2.15. The van der Waals surface area contributed by atoms with Crippen LogP contribution >= 0.6 is 23.4 Å². The zero-order valence-electron chi connectivity index (χ0n) is 14.7. The van der Waals surface area contributed by atoms with Crippen LogP contribution < -0.4 is 10.6 Å². The minimum absolute atomic E-state index is 0.197. The van der Waals surface area contributed by atoms with Crippen molar-refractivity contribution in [1.82, 2.24) is 19.9 Å². The average Bonchev–Trinajstić information content (AvgIpc) is 3.34. The molecule has 0 aliphatic carbocycles. The largest absolute Gasteiger partial charge is 0.486 e. The van der Waals surface area contributed by atoms with E-state index >= 15 is 0 Å². The summed E-state index contributed by atoms with van der Waals surface area (Å²) in [6.45, 7) is 0.197. The molecule has 0 unspecified atom stereocenters. The van der Waals surface area contributed by atoms with Crippen molar-refractivity contribution in [3.05, 3.63) is 77.5 Å². The van der Waals surface area contributed by atoms with Crippen LogP contribution in [0.5, 0.6) is 5.75 Å². The third-order valence-electron chi connectivity index (χ3n) is 3.85. The maximum Gasteiger partial charge on any atom is 0.210 e. The van der Waals surface area contributed by atoms with Gasteiger partial charge in [0, 0.05) is 10.6 Å². The maximum atomic E-state index is 6.07. The van der Waals surface area contributed by atoms with Gasteiger partial charge in [0.15, 0.2) is 11.6 Å². The van der Waals surface area contributed by atoms with E-state index in [0.717, 1.165) is 11.3 Å². The third kappa shape index (κ3) is 4.29. The van der Waals surface area contributed by atoms with Crippen LogP contribution in [0.3, 0.4) is 0 Å². The fourth-order valence-electron chi connectivity index (χ4n) is 2.42. The fraction of sp³-hybridized carbons (Fsp3) is 0.105. The number of thioether (sulfide) groups is 1. The van der Waals surface area contributed by atoms with Gasteiger partial charge in [0.25, 0.3) is 0 Å². The Morgan fingerprint density at radius 3 is 2.64 bits per heavy atom. The zero-order chi connectivity index (χ0) is 19.3. The number of nitrogen functional groups attached to an aromatic ring is 1. The highest BCUT2D eigenvalue weighted by atomic mass is 35.5. The number of hydrogen-bond acceptors (Lipinski definition) is 7. The van der Waals surface area contributed by atoms with Gasteiger partial charge >= 0.3 is 0 Å². The lowest BCUT2D eigenvalue weighted by molar-refractivity contribution is 0.291. The van der Waals surface area contributed by atoms with Gasteiger partial charge in [-0.15, -0.1) is 10.2 Å². The first-order chi connectivity index (χ1) is 13.7. The molecule has 0 radical (unpaired) electrons. The molecule has 2 aromatic heterocycles. The van der Waals surface area contributed by atoms with Gasteiger partial charge in [-0.05, 0) is 24.3 Å². The highest BCUT2D eigenvalue weighted by molar-refractivity contribution is 7.98. The van der Waals surface area contributed by atoms with Gasteiger partial charge in [0.05, 0.1) is 11.9 Å². The summed E-state index contributed by atoms with van der Waals surface area (Å²) in [6, 6.07) is 16.9. The summed E-state index contributed by atoms with van der Waals surface area (Å²) in [5, 5.41) is 9.38. The van der Waals surface area contributed by atoms with E-state index in [1.807, 2.05) is 30.3 Å². The lowest BCUT2D eigenvalue weighted by Gasteiger charge is -2.06. The number of rotatable bonds is 7. The first-order valence-corrected chi connectivity index (χ1v) is 9.76. The highest BCUT2D eigenvalue weighted by Gasteiger charge is 2.13. The van der Waals surface area contributed by atoms with E-state index in [2.05, 4.69) is 15.2 Å². The number of hydrogen-bond donors (Lipinski definition) is 1. The molecule has 0 spiro atoms. The van der Waals surface area contributed by atoms with Crippen LogP contribution in [0.25, 0.3) is 11.3 Å². The fourth-order valence-corrected chi connectivity index (χ4v) is 3.28. The summed E-state index contributed by atoms with van der Waals surface area (Å²) in [6.07, 6.45) is 1.71. The van der Waals surface area contributed by atoms with Crippen LogP contribution in [-0.2, 0) is 12.4 Å². The molecule has 0 saturated heterocycles. The Morgan fingerprint density at radius 2 is 1.86 bits per heavy atom. The van der Waals surface area contributed by atoms with Crippen LogP contribution in [0, 0.1) is 0 Å². The molecule has 7 nitrogen and oxygen atoms in total. The first kappa shape index (κ1) is 18.4. The molecule has 0 aliphatic heterocycles. The molecule has 142 valence electrons. The molecule has 0 amide bonds. The Bertz CT molecular complexity index is 1050. The molecule has 0 aliphatic rings. The smallest absolute Gasteiger partial charge is 0.210 e. The second-order valence-electron chi connectivity index (χ2n) is 5.78. The van der Waals surface area contributed by atoms with Gasteiger partial charge in [0.2, 0.25) is 11.0 Å². The maximum absolute atomic E-state index is 6.07. The molecule has 0 saturated carbocycles. The lowest BCUT2D eigenvalue weighted by atomic mass is 10.2. The van der Waals surface area contributed by atoms with Crippen molar-refractivity contribution in [1.29, 1.82) is 0 Å². The zero-order valence-corrected chi connectivity index (χ0v) is 16.2. The van der Waals surface area contributed by atoms with E-state index in [9.17, 15) is 0 Å². The number of halogens is 1. The summed E-state index contributed by atoms with van der Waals surface area (Å²) in [4.78, 5) is 4.31. The predicted octanol–water partition coefficient (Wildman–Crippen LogP) is 4.17. The van der Waals surface area contributed by atoms with Crippen molar-refractivity contribution in [3.63, 3.8) is 0 Å². The highest BCUT2D eigenvalue weighted by Crippen LogP contribution is 2.25. The molecular formula is C19H16ClN5O2S. The van der Waals surface area contributed by atoms with Crippen molar-refractivity contribution >= 4 is 23.4 Å². The normalized spacial score (nSPS) is 10.9. The van der Waals surface area contributed by atoms with Gasteiger partial charge < -0.3 is 15.0 Å². The number of nitrogens with zero attached hydrogens (tertiary/aromatic N) is 4. The molecule has 2 heterocycles. The first-order valence-electron chi connectivity index (χ1n) is 8.40. The standard InChI is InChI=1S/C19H16ClN5O2S/c20-14-6-8-15(9-7-14)26-11-17-23-24-19(25(17)21)28-12-18-22-10-16(27-18)13-4-2-1-3-5-13/h1-10H,11-12,21H2. The van der Waals surface area contributed by atoms with E-state index in [-0.39, 0.29) is 6.61 Å². The molecule has 2 N–H and O–H groups in total. The van der Waals surface area contributed by atoms with E-state index < -0.39 is 0 Å². The average molecular weight is 414 g/mol. The van der Waals surface area contributed by atoms with Gasteiger partial charge in [0.1, 0.15) is 12.4 Å². The number of benzene rings is 2. The van der Waals surface area contributed by atoms with Gasteiger partial charge in [-0.2, -0.15) is 0 Å². The quantitative estimate of drug-likeness (QED) is 0.359. The second-order valence-corrected chi connectivity index (χ2v) is 7.16. The molecule has 0 bridgehead atoms. The SMILES string of the molecule is Nn1c(COc2ccc(Cl)cc2)nnc1SCc1ncc(-c2ccccc2)o1. The Labute approximate surface area is 170 Å². The summed E-state index contributed by atoms with van der Waals surface area (Å²) in [7, 11) is 0. The van der Waals surface area contributed by atoms with E-state index in [4.69, 9.17) is 26.6 Å². The van der Waals surface area contributed by atoms with Crippen molar-refractivity contribution < 1.29 is 9.15 Å². The summed E-state index contributed by atoms with van der Waals surface area (Å²) >= 11 is 7.25. The molecule has 0 fully saturated rings. The minimum atomic E-state index is 0.197. The summed E-state index contributed by atoms with van der Waals surface area (Å²) in [5.41, 5.74) is 0.981. The number of aromatic nitrogens is 4. The van der Waals surface area contributed by atoms with Crippen LogP contribution in [0.4, 0.5) is 0 Å². The molecule has 2 aromatic carbocycles. The van der Waals surface area contributed by atoms with Gasteiger partial charge in [-0.3, -0.25) is 0 Å². The van der Waals surface area contributed by atoms with Gasteiger partial charge in [-0.1, -0.05) is 53.7 Å². The molecular weight excluding hydrogens is 398 g/mol. The van der Waals surface area contributed by atoms with Crippen LogP contribution in [-0.4, -0.2) is 19.9 Å².